The Bertz CT molecular complexity index is 762. The van der Waals surface area contributed by atoms with Gasteiger partial charge in [0.2, 0.25) is 0 Å². The molecule has 0 bridgehead atoms. The van der Waals surface area contributed by atoms with Gasteiger partial charge in [-0.15, -0.1) is 0 Å². The largest absolute Gasteiger partial charge is 0.341 e. The van der Waals surface area contributed by atoms with Gasteiger partial charge in [0.15, 0.2) is 0 Å². The van der Waals surface area contributed by atoms with Crippen molar-refractivity contribution in [3.63, 3.8) is 0 Å². The van der Waals surface area contributed by atoms with E-state index >= 15 is 0 Å². The maximum absolute atomic E-state index is 12.5. The van der Waals surface area contributed by atoms with E-state index in [9.17, 15) is 4.79 Å². The topological polar surface area (TPSA) is 60.2 Å². The number of amides is 2. The molecule has 0 spiro atoms. The third-order valence-corrected chi connectivity index (χ3v) is 5.65. The minimum Gasteiger partial charge on any atom is -0.341 e. The lowest BCUT2D eigenvalue weighted by Gasteiger charge is -2.37. The van der Waals surface area contributed by atoms with Crippen molar-refractivity contribution in [1.29, 1.82) is 0 Å². The van der Waals surface area contributed by atoms with E-state index in [-0.39, 0.29) is 6.03 Å². The van der Waals surface area contributed by atoms with E-state index < -0.39 is 0 Å². The smallest absolute Gasteiger partial charge is 0.322 e. The summed E-state index contributed by atoms with van der Waals surface area (Å²) < 4.78 is 0. The Hall–Kier alpha value is -2.01. The lowest BCUT2D eigenvalue weighted by molar-refractivity contribution is 0.217. The third kappa shape index (κ3) is 2.38. The summed E-state index contributed by atoms with van der Waals surface area (Å²) in [4.78, 5) is 17.7. The number of urea groups is 1. The number of aromatic amines is 1. The summed E-state index contributed by atoms with van der Waals surface area (Å²) in [6, 6.07) is 6.97. The van der Waals surface area contributed by atoms with Gasteiger partial charge in [-0.25, -0.2) is 4.79 Å². The third-order valence-electron chi connectivity index (χ3n) is 5.65. The fourth-order valence-corrected chi connectivity index (χ4v) is 4.42. The van der Waals surface area contributed by atoms with Gasteiger partial charge in [-0.3, -0.25) is 5.32 Å². The first kappa shape index (κ1) is 15.5. The zero-order valence-corrected chi connectivity index (χ0v) is 14.5. The zero-order valence-electron chi connectivity index (χ0n) is 14.5. The highest BCUT2D eigenvalue weighted by Crippen LogP contribution is 2.43. The number of hydrogen-bond donors (Lipinski definition) is 3. The van der Waals surface area contributed by atoms with E-state index in [0.29, 0.717) is 12.0 Å². The number of rotatable bonds is 3. The highest BCUT2D eigenvalue weighted by molar-refractivity contribution is 5.98. The van der Waals surface area contributed by atoms with E-state index in [2.05, 4.69) is 33.8 Å². The highest BCUT2D eigenvalue weighted by Gasteiger charge is 2.34. The molecule has 3 N–H and O–H groups in total. The van der Waals surface area contributed by atoms with Crippen LogP contribution in [-0.2, 0) is 6.42 Å². The van der Waals surface area contributed by atoms with Crippen LogP contribution in [0.5, 0.6) is 0 Å². The maximum Gasteiger partial charge on any atom is 0.322 e. The molecule has 0 saturated carbocycles. The maximum atomic E-state index is 12.5. The van der Waals surface area contributed by atoms with Gasteiger partial charge in [0.05, 0.1) is 0 Å². The fraction of sp³-hybridized carbons (Fsp3) is 0.526. The second kappa shape index (κ2) is 6.13. The van der Waals surface area contributed by atoms with Gasteiger partial charge in [-0.1, -0.05) is 12.1 Å². The van der Waals surface area contributed by atoms with Gasteiger partial charge in [0.1, 0.15) is 5.82 Å². The van der Waals surface area contributed by atoms with Crippen molar-refractivity contribution >= 4 is 22.8 Å². The molecule has 1 aromatic carbocycles. The molecule has 1 aliphatic heterocycles. The molecule has 2 heterocycles. The summed E-state index contributed by atoms with van der Waals surface area (Å²) in [5.41, 5.74) is 3.84. The average molecular weight is 326 g/mol. The Morgan fingerprint density at radius 3 is 2.96 bits per heavy atom. The molecule has 1 unspecified atom stereocenters. The minimum absolute atomic E-state index is 0.0249. The molecule has 1 saturated heterocycles. The van der Waals surface area contributed by atoms with E-state index in [1.54, 1.807) is 0 Å². The molecule has 1 aliphatic carbocycles. The van der Waals surface area contributed by atoms with Crippen molar-refractivity contribution in [2.45, 2.75) is 45.1 Å². The first-order valence-corrected chi connectivity index (χ1v) is 9.15. The Kier molecular flexibility index (Phi) is 3.96. The molecule has 2 amide bonds. The van der Waals surface area contributed by atoms with Crippen molar-refractivity contribution in [2.75, 3.05) is 25.0 Å². The number of aromatic nitrogens is 1. The van der Waals surface area contributed by atoms with Crippen LogP contribution in [0.3, 0.4) is 0 Å². The Labute approximate surface area is 142 Å². The standard InChI is InChI=1S/C19H26N4O/c1-3-23(4-2)19(24)22-18-14-11-16-12(8-6-10-20-16)13-7-5-9-15(21-18)17(13)14/h5,7,9,12,16,20-21H,3-4,6,8,10-11H2,1-2H3,(H,22,24)/t12?,16-/m1/s1. The van der Waals surface area contributed by atoms with Crippen LogP contribution in [-0.4, -0.2) is 41.6 Å². The second-order valence-corrected chi connectivity index (χ2v) is 6.86. The molecule has 2 atom stereocenters. The van der Waals surface area contributed by atoms with Crippen molar-refractivity contribution in [3.8, 4) is 0 Å². The van der Waals surface area contributed by atoms with E-state index in [1.807, 2.05) is 18.7 Å². The fourth-order valence-electron chi connectivity index (χ4n) is 4.42. The molecule has 2 aliphatic rings. The van der Waals surface area contributed by atoms with Crippen LogP contribution < -0.4 is 10.6 Å². The second-order valence-electron chi connectivity index (χ2n) is 6.86. The van der Waals surface area contributed by atoms with Crippen molar-refractivity contribution < 1.29 is 4.79 Å². The average Bonchev–Trinajstić information content (AvgIpc) is 2.95. The summed E-state index contributed by atoms with van der Waals surface area (Å²) in [6.45, 7) is 6.54. The number of carbonyl (C=O) groups is 1. The summed E-state index contributed by atoms with van der Waals surface area (Å²) in [5.74, 6) is 1.47. The number of piperidine rings is 1. The van der Waals surface area contributed by atoms with Crippen LogP contribution in [0.2, 0.25) is 0 Å². The summed E-state index contributed by atoms with van der Waals surface area (Å²) in [5, 5.41) is 8.13. The normalized spacial score (nSPS) is 22.2. The van der Waals surface area contributed by atoms with E-state index in [4.69, 9.17) is 0 Å². The summed E-state index contributed by atoms with van der Waals surface area (Å²) in [7, 11) is 0. The monoisotopic (exact) mass is 326 g/mol. The number of fused-ring (bicyclic) bond motifs is 2. The number of benzene rings is 1. The van der Waals surface area contributed by atoms with Gasteiger partial charge in [-0.2, -0.15) is 0 Å². The Balaban J connectivity index is 1.74. The number of H-pyrrole nitrogens is 1. The quantitative estimate of drug-likeness (QED) is 0.809. The zero-order chi connectivity index (χ0) is 16.7. The lowest BCUT2D eigenvalue weighted by atomic mass is 9.76. The Morgan fingerprint density at radius 1 is 1.33 bits per heavy atom. The van der Waals surface area contributed by atoms with Crippen LogP contribution in [0.15, 0.2) is 18.2 Å². The van der Waals surface area contributed by atoms with Crippen LogP contribution >= 0.6 is 0 Å². The molecular formula is C19H26N4O. The number of nitrogens with one attached hydrogen (secondary N) is 3. The molecule has 1 aromatic heterocycles. The molecule has 1 fully saturated rings. The Morgan fingerprint density at radius 2 is 2.17 bits per heavy atom. The number of carbonyl (C=O) groups excluding carboxylic acids is 1. The first-order chi connectivity index (χ1) is 11.7. The van der Waals surface area contributed by atoms with E-state index in [0.717, 1.165) is 37.4 Å². The predicted octanol–water partition coefficient (Wildman–Crippen LogP) is 3.43. The molecular weight excluding hydrogens is 300 g/mol. The number of anilines is 1. The van der Waals surface area contributed by atoms with Gasteiger partial charge in [0.25, 0.3) is 0 Å². The van der Waals surface area contributed by atoms with Crippen molar-refractivity contribution in [1.82, 2.24) is 15.2 Å². The van der Waals surface area contributed by atoms with Crippen molar-refractivity contribution in [2.24, 2.45) is 0 Å². The summed E-state index contributed by atoms with van der Waals surface area (Å²) in [6.07, 6.45) is 3.47. The molecule has 5 nitrogen and oxygen atoms in total. The van der Waals surface area contributed by atoms with Gasteiger partial charge in [0, 0.05) is 41.5 Å². The summed E-state index contributed by atoms with van der Waals surface area (Å²) >= 11 is 0. The van der Waals surface area contributed by atoms with Crippen LogP contribution in [0.4, 0.5) is 10.6 Å². The molecule has 0 radical (unpaired) electrons. The molecule has 2 aromatic rings. The molecule has 4 rings (SSSR count). The van der Waals surface area contributed by atoms with Crippen LogP contribution in [0, 0.1) is 0 Å². The molecule has 128 valence electrons. The van der Waals surface area contributed by atoms with Gasteiger partial charge >= 0.3 is 6.03 Å². The van der Waals surface area contributed by atoms with Crippen LogP contribution in [0.1, 0.15) is 43.7 Å². The SMILES string of the molecule is CCN(CC)C(=O)Nc1[nH]c2cccc3c2c1C[C@H]1NCCCC31. The van der Waals surface area contributed by atoms with E-state index in [1.165, 1.54) is 29.4 Å². The minimum atomic E-state index is -0.0249. The van der Waals surface area contributed by atoms with Gasteiger partial charge < -0.3 is 15.2 Å². The molecule has 5 heteroatoms. The van der Waals surface area contributed by atoms with Crippen LogP contribution in [0.25, 0.3) is 10.9 Å². The van der Waals surface area contributed by atoms with Gasteiger partial charge in [-0.05, 0) is 51.3 Å². The van der Waals surface area contributed by atoms with Crippen molar-refractivity contribution in [3.05, 3.63) is 29.3 Å². The molecule has 24 heavy (non-hydrogen) atoms. The highest BCUT2D eigenvalue weighted by atomic mass is 16.2. The first-order valence-electron chi connectivity index (χ1n) is 9.15. The number of nitrogens with zero attached hydrogens (tertiary/aromatic N) is 1. The lowest BCUT2D eigenvalue weighted by Crippen LogP contribution is -2.43. The number of hydrogen-bond acceptors (Lipinski definition) is 2. The predicted molar refractivity (Wildman–Crippen MR) is 97.7 cm³/mol.